The topological polar surface area (TPSA) is 64.3 Å². The fraction of sp³-hybridized carbons (Fsp3) is 0.417. The number of nitrogens with two attached hydrogens (primary N) is 1. The Kier molecular flexibility index (Phi) is 6.93. The van der Waals surface area contributed by atoms with Gasteiger partial charge in [0.15, 0.2) is 0 Å². The zero-order valence-corrected chi connectivity index (χ0v) is 11.8. The van der Waals surface area contributed by atoms with Crippen molar-refractivity contribution in [3.05, 3.63) is 23.2 Å². The van der Waals surface area contributed by atoms with Crippen LogP contribution in [0.3, 0.4) is 0 Å². The summed E-state index contributed by atoms with van der Waals surface area (Å²) >= 11 is 7.25. The maximum absolute atomic E-state index is 11.5. The number of methoxy groups -OCH3 is 1. The van der Waals surface area contributed by atoms with Crippen LogP contribution in [0.25, 0.3) is 0 Å². The number of hydrogen-bond acceptors (Lipinski definition) is 4. The largest absolute Gasteiger partial charge is 0.398 e. The number of ether oxygens (including phenoxy) is 1. The van der Waals surface area contributed by atoms with Gasteiger partial charge in [0.25, 0.3) is 0 Å². The number of rotatable bonds is 7. The van der Waals surface area contributed by atoms with Gasteiger partial charge in [-0.05, 0) is 24.6 Å². The SMILES string of the molecule is COCCCNC(=O)CSc1cc(Cl)ccc1N. The first-order valence-corrected chi connectivity index (χ1v) is 6.93. The molecule has 1 amide bonds. The molecule has 6 heteroatoms. The number of halogens is 1. The van der Waals surface area contributed by atoms with E-state index in [0.29, 0.717) is 29.6 Å². The van der Waals surface area contributed by atoms with Gasteiger partial charge in [0, 0.05) is 35.9 Å². The lowest BCUT2D eigenvalue weighted by atomic mass is 10.3. The van der Waals surface area contributed by atoms with Crippen LogP contribution in [0.2, 0.25) is 5.02 Å². The summed E-state index contributed by atoms with van der Waals surface area (Å²) < 4.78 is 4.89. The zero-order valence-electron chi connectivity index (χ0n) is 10.2. The third kappa shape index (κ3) is 5.62. The normalized spacial score (nSPS) is 10.3. The number of hydrogen-bond donors (Lipinski definition) is 2. The second-order valence-corrected chi connectivity index (χ2v) is 5.12. The van der Waals surface area contributed by atoms with E-state index >= 15 is 0 Å². The highest BCUT2D eigenvalue weighted by molar-refractivity contribution is 8.00. The summed E-state index contributed by atoms with van der Waals surface area (Å²) in [5, 5.41) is 3.43. The maximum Gasteiger partial charge on any atom is 0.230 e. The molecule has 1 aromatic carbocycles. The van der Waals surface area contributed by atoms with E-state index in [0.717, 1.165) is 11.3 Å². The molecule has 1 rings (SSSR count). The third-order valence-electron chi connectivity index (χ3n) is 2.18. The van der Waals surface area contributed by atoms with Crippen molar-refractivity contribution < 1.29 is 9.53 Å². The fourth-order valence-corrected chi connectivity index (χ4v) is 2.34. The Labute approximate surface area is 116 Å². The molecule has 0 bridgehead atoms. The zero-order chi connectivity index (χ0) is 13.4. The number of thioether (sulfide) groups is 1. The van der Waals surface area contributed by atoms with Crippen molar-refractivity contribution in [2.75, 3.05) is 31.7 Å². The molecule has 3 N–H and O–H groups in total. The van der Waals surface area contributed by atoms with Gasteiger partial charge in [-0.25, -0.2) is 0 Å². The predicted octanol–water partition coefficient (Wildman–Crippen LogP) is 2.17. The number of nitrogen functional groups attached to an aromatic ring is 1. The molecule has 0 aliphatic carbocycles. The molecule has 4 nitrogen and oxygen atoms in total. The lowest BCUT2D eigenvalue weighted by molar-refractivity contribution is -0.118. The van der Waals surface area contributed by atoms with Crippen molar-refractivity contribution in [2.24, 2.45) is 0 Å². The molecule has 0 aliphatic heterocycles. The molecule has 100 valence electrons. The van der Waals surface area contributed by atoms with Crippen molar-refractivity contribution in [1.29, 1.82) is 0 Å². The first-order chi connectivity index (χ1) is 8.63. The minimum absolute atomic E-state index is 0.0181. The molecular weight excluding hydrogens is 272 g/mol. The summed E-state index contributed by atoms with van der Waals surface area (Å²) in [6.07, 6.45) is 0.812. The summed E-state index contributed by atoms with van der Waals surface area (Å²) in [5.41, 5.74) is 6.42. The highest BCUT2D eigenvalue weighted by Crippen LogP contribution is 2.27. The van der Waals surface area contributed by atoms with Gasteiger partial charge in [-0.2, -0.15) is 0 Å². The van der Waals surface area contributed by atoms with Crippen LogP contribution in [0.1, 0.15) is 6.42 Å². The van der Waals surface area contributed by atoms with E-state index in [-0.39, 0.29) is 5.91 Å². The Balaban J connectivity index is 2.31. The van der Waals surface area contributed by atoms with E-state index in [1.165, 1.54) is 11.8 Å². The standard InChI is InChI=1S/C12H17ClN2O2S/c1-17-6-2-5-15-12(16)8-18-11-7-9(13)3-4-10(11)14/h3-4,7H,2,5-6,8,14H2,1H3,(H,15,16). The molecule has 1 aromatic rings. The molecule has 18 heavy (non-hydrogen) atoms. The Morgan fingerprint density at radius 3 is 3.06 bits per heavy atom. The van der Waals surface area contributed by atoms with E-state index in [4.69, 9.17) is 22.1 Å². The predicted molar refractivity (Wildman–Crippen MR) is 76.1 cm³/mol. The molecule has 0 heterocycles. The smallest absolute Gasteiger partial charge is 0.230 e. The minimum Gasteiger partial charge on any atom is -0.398 e. The molecule has 0 atom stereocenters. The fourth-order valence-electron chi connectivity index (χ4n) is 1.27. The van der Waals surface area contributed by atoms with Gasteiger partial charge < -0.3 is 15.8 Å². The molecule has 0 radical (unpaired) electrons. The van der Waals surface area contributed by atoms with Crippen molar-refractivity contribution in [1.82, 2.24) is 5.32 Å². The molecule has 0 saturated carbocycles. The Hall–Kier alpha value is -0.910. The number of nitrogens with one attached hydrogen (secondary N) is 1. The lowest BCUT2D eigenvalue weighted by Crippen LogP contribution is -2.26. The van der Waals surface area contributed by atoms with Gasteiger partial charge in [-0.3, -0.25) is 4.79 Å². The van der Waals surface area contributed by atoms with E-state index in [1.54, 1.807) is 25.3 Å². The third-order valence-corrected chi connectivity index (χ3v) is 3.49. The van der Waals surface area contributed by atoms with Crippen LogP contribution in [-0.2, 0) is 9.53 Å². The Bertz CT molecular complexity index is 402. The van der Waals surface area contributed by atoms with Crippen molar-refractivity contribution in [3.8, 4) is 0 Å². The quantitative estimate of drug-likeness (QED) is 0.458. The summed E-state index contributed by atoms with van der Waals surface area (Å²) in [6, 6.07) is 5.23. The number of benzene rings is 1. The van der Waals surface area contributed by atoms with Gasteiger partial charge >= 0.3 is 0 Å². The average Bonchev–Trinajstić information content (AvgIpc) is 2.36. The van der Waals surface area contributed by atoms with Gasteiger partial charge in [-0.15, -0.1) is 11.8 Å². The van der Waals surface area contributed by atoms with Crippen LogP contribution in [0, 0.1) is 0 Å². The molecular formula is C12H17ClN2O2S. The minimum atomic E-state index is -0.0181. The summed E-state index contributed by atoms with van der Waals surface area (Å²) in [7, 11) is 1.64. The number of carbonyl (C=O) groups excluding carboxylic acids is 1. The van der Waals surface area contributed by atoms with Crippen molar-refractivity contribution in [2.45, 2.75) is 11.3 Å². The van der Waals surface area contributed by atoms with Gasteiger partial charge in [0.2, 0.25) is 5.91 Å². The Morgan fingerprint density at radius 2 is 2.33 bits per heavy atom. The number of carbonyl (C=O) groups is 1. The summed E-state index contributed by atoms with van der Waals surface area (Å²) in [6.45, 7) is 1.27. The highest BCUT2D eigenvalue weighted by atomic mass is 35.5. The first-order valence-electron chi connectivity index (χ1n) is 5.57. The van der Waals surface area contributed by atoms with Crippen molar-refractivity contribution >= 4 is 35.0 Å². The monoisotopic (exact) mass is 288 g/mol. The Morgan fingerprint density at radius 1 is 1.56 bits per heavy atom. The first kappa shape index (κ1) is 15.1. The van der Waals surface area contributed by atoms with Crippen LogP contribution in [-0.4, -0.2) is 31.9 Å². The molecule has 0 saturated heterocycles. The second kappa shape index (κ2) is 8.24. The van der Waals surface area contributed by atoms with Crippen LogP contribution in [0.4, 0.5) is 5.69 Å². The molecule has 0 fully saturated rings. The summed E-state index contributed by atoms with van der Waals surface area (Å²) in [5.74, 6) is 0.313. The van der Waals surface area contributed by atoms with E-state index in [2.05, 4.69) is 5.32 Å². The molecule has 0 aromatic heterocycles. The van der Waals surface area contributed by atoms with Gasteiger partial charge in [-0.1, -0.05) is 11.6 Å². The molecule has 0 spiro atoms. The lowest BCUT2D eigenvalue weighted by Gasteiger charge is -2.07. The van der Waals surface area contributed by atoms with Crippen LogP contribution < -0.4 is 11.1 Å². The molecule has 0 unspecified atom stereocenters. The van der Waals surface area contributed by atoms with Crippen LogP contribution in [0.5, 0.6) is 0 Å². The van der Waals surface area contributed by atoms with Gasteiger partial charge in [0.05, 0.1) is 5.75 Å². The van der Waals surface area contributed by atoms with Crippen LogP contribution >= 0.6 is 23.4 Å². The summed E-state index contributed by atoms with van der Waals surface area (Å²) in [4.78, 5) is 12.4. The average molecular weight is 289 g/mol. The number of anilines is 1. The van der Waals surface area contributed by atoms with E-state index in [1.807, 2.05) is 0 Å². The van der Waals surface area contributed by atoms with E-state index < -0.39 is 0 Å². The highest BCUT2D eigenvalue weighted by Gasteiger charge is 2.05. The van der Waals surface area contributed by atoms with Crippen LogP contribution in [0.15, 0.2) is 23.1 Å². The second-order valence-electron chi connectivity index (χ2n) is 3.67. The van der Waals surface area contributed by atoms with Gasteiger partial charge in [0.1, 0.15) is 0 Å². The van der Waals surface area contributed by atoms with E-state index in [9.17, 15) is 4.79 Å². The van der Waals surface area contributed by atoms with Crippen molar-refractivity contribution in [3.63, 3.8) is 0 Å². The maximum atomic E-state index is 11.5. The molecule has 0 aliphatic rings. The number of amides is 1.